The van der Waals surface area contributed by atoms with Gasteiger partial charge in [0.05, 0.1) is 11.8 Å². The zero-order chi connectivity index (χ0) is 18.3. The fraction of sp³-hybridized carbons (Fsp3) is 0.467. The fourth-order valence-corrected chi connectivity index (χ4v) is 2.98. The smallest absolute Gasteiger partial charge is 0.333 e. The maximum absolute atomic E-state index is 13.0. The summed E-state index contributed by atoms with van der Waals surface area (Å²) in [4.78, 5) is 8.83. The molecule has 4 heterocycles. The van der Waals surface area contributed by atoms with E-state index in [2.05, 4.69) is 30.6 Å². The SMILES string of the molecule is Cc1[nH]ncc1-c1nc(-c2cn3c(n2)CCNCC3)n(CC(F)(F)F)n1.Cl.Cl. The predicted molar refractivity (Wildman–Crippen MR) is 101 cm³/mol. The van der Waals surface area contributed by atoms with Crippen molar-refractivity contribution in [2.45, 2.75) is 32.6 Å². The van der Waals surface area contributed by atoms with E-state index in [0.717, 1.165) is 23.6 Å². The quantitative estimate of drug-likeness (QED) is 0.655. The molecule has 8 nitrogen and oxygen atoms in total. The van der Waals surface area contributed by atoms with Crippen LogP contribution in [-0.2, 0) is 19.5 Å². The average Bonchev–Trinajstić information content (AvgIpc) is 3.22. The van der Waals surface area contributed by atoms with Gasteiger partial charge >= 0.3 is 6.18 Å². The largest absolute Gasteiger partial charge is 0.408 e. The third-order valence-corrected chi connectivity index (χ3v) is 4.21. The van der Waals surface area contributed by atoms with Crippen LogP contribution in [0.2, 0.25) is 0 Å². The van der Waals surface area contributed by atoms with Crippen LogP contribution < -0.4 is 5.32 Å². The Morgan fingerprint density at radius 1 is 1.18 bits per heavy atom. The molecule has 2 N–H and O–H groups in total. The van der Waals surface area contributed by atoms with Gasteiger partial charge in [0.15, 0.2) is 11.6 Å². The molecule has 3 aromatic rings. The number of alkyl halides is 3. The topological polar surface area (TPSA) is 89.2 Å². The molecular formula is C15H19Cl2F3N8. The Labute approximate surface area is 170 Å². The van der Waals surface area contributed by atoms with Gasteiger partial charge < -0.3 is 9.88 Å². The lowest BCUT2D eigenvalue weighted by atomic mass is 10.2. The lowest BCUT2D eigenvalue weighted by Crippen LogP contribution is -2.19. The summed E-state index contributed by atoms with van der Waals surface area (Å²) in [5.74, 6) is 1.12. The molecule has 0 saturated carbocycles. The molecule has 0 aromatic carbocycles. The molecule has 0 spiro atoms. The van der Waals surface area contributed by atoms with Crippen molar-refractivity contribution < 1.29 is 13.2 Å². The van der Waals surface area contributed by atoms with Gasteiger partial charge in [-0.15, -0.1) is 29.9 Å². The molecule has 1 aliphatic heterocycles. The van der Waals surface area contributed by atoms with Crippen LogP contribution in [0.1, 0.15) is 11.5 Å². The molecule has 0 bridgehead atoms. The molecule has 28 heavy (non-hydrogen) atoms. The molecule has 154 valence electrons. The summed E-state index contributed by atoms with van der Waals surface area (Å²) in [6.45, 7) is 2.82. The Bertz CT molecular complexity index is 907. The number of nitrogens with one attached hydrogen (secondary N) is 2. The number of imidazole rings is 1. The van der Waals surface area contributed by atoms with E-state index < -0.39 is 12.7 Å². The molecule has 13 heteroatoms. The van der Waals surface area contributed by atoms with E-state index in [1.54, 1.807) is 13.1 Å². The molecule has 0 fully saturated rings. The molecule has 0 unspecified atom stereocenters. The highest BCUT2D eigenvalue weighted by atomic mass is 35.5. The summed E-state index contributed by atoms with van der Waals surface area (Å²) in [6.07, 6.45) is -0.460. The number of aromatic nitrogens is 7. The normalized spacial score (nSPS) is 14.0. The fourth-order valence-electron chi connectivity index (χ4n) is 2.98. The Hall–Kier alpha value is -2.11. The number of hydrogen-bond donors (Lipinski definition) is 2. The predicted octanol–water partition coefficient (Wildman–Crippen LogP) is 2.39. The van der Waals surface area contributed by atoms with Crippen LogP contribution >= 0.6 is 24.8 Å². The first kappa shape index (κ1) is 22.2. The molecule has 0 atom stereocenters. The van der Waals surface area contributed by atoms with Crippen molar-refractivity contribution in [2.24, 2.45) is 0 Å². The molecule has 0 radical (unpaired) electrons. The van der Waals surface area contributed by atoms with Gasteiger partial charge in [-0.2, -0.15) is 18.3 Å². The van der Waals surface area contributed by atoms with Crippen LogP contribution in [0.5, 0.6) is 0 Å². The van der Waals surface area contributed by atoms with Gasteiger partial charge in [0.2, 0.25) is 0 Å². The summed E-state index contributed by atoms with van der Waals surface area (Å²) in [7, 11) is 0. The third kappa shape index (κ3) is 4.47. The second-order valence-corrected chi connectivity index (χ2v) is 6.18. The van der Waals surface area contributed by atoms with Gasteiger partial charge in [0.1, 0.15) is 18.1 Å². The standard InChI is InChI=1S/C15H17F3N8.2ClH/c1-9-10(6-20-23-9)13-22-14(26(24-13)8-15(16,17)18)11-7-25-5-4-19-3-2-12(25)21-11;;/h6-7,19H,2-5,8H2,1H3,(H,20,23);2*1H. The van der Waals surface area contributed by atoms with E-state index in [0.29, 0.717) is 29.9 Å². The van der Waals surface area contributed by atoms with Crippen molar-refractivity contribution in [1.29, 1.82) is 0 Å². The number of aromatic amines is 1. The van der Waals surface area contributed by atoms with Gasteiger partial charge in [-0.05, 0) is 6.92 Å². The van der Waals surface area contributed by atoms with E-state index in [-0.39, 0.29) is 36.5 Å². The number of aryl methyl sites for hydroxylation is 1. The average molecular weight is 439 g/mol. The van der Waals surface area contributed by atoms with Gasteiger partial charge in [-0.3, -0.25) is 5.10 Å². The Kier molecular flexibility index (Phi) is 6.73. The number of hydrogen-bond acceptors (Lipinski definition) is 5. The van der Waals surface area contributed by atoms with E-state index in [4.69, 9.17) is 0 Å². The van der Waals surface area contributed by atoms with Crippen molar-refractivity contribution in [3.63, 3.8) is 0 Å². The Morgan fingerprint density at radius 2 is 1.96 bits per heavy atom. The third-order valence-electron chi connectivity index (χ3n) is 4.21. The summed E-state index contributed by atoms with van der Waals surface area (Å²) < 4.78 is 41.8. The lowest BCUT2D eigenvalue weighted by molar-refractivity contribution is -0.142. The zero-order valence-electron chi connectivity index (χ0n) is 14.8. The highest BCUT2D eigenvalue weighted by molar-refractivity contribution is 5.85. The minimum Gasteiger partial charge on any atom is -0.333 e. The summed E-state index contributed by atoms with van der Waals surface area (Å²) in [5, 5.41) is 13.9. The summed E-state index contributed by atoms with van der Waals surface area (Å²) in [5.41, 5.74) is 1.65. The minimum absolute atomic E-state index is 0. The van der Waals surface area contributed by atoms with Crippen LogP contribution in [0.25, 0.3) is 22.9 Å². The van der Waals surface area contributed by atoms with Crippen molar-refractivity contribution in [2.75, 3.05) is 13.1 Å². The summed E-state index contributed by atoms with van der Waals surface area (Å²) >= 11 is 0. The molecule has 1 aliphatic rings. The second-order valence-electron chi connectivity index (χ2n) is 6.18. The van der Waals surface area contributed by atoms with E-state index >= 15 is 0 Å². The first-order chi connectivity index (χ1) is 12.4. The van der Waals surface area contributed by atoms with Gasteiger partial charge in [-0.25, -0.2) is 14.6 Å². The maximum atomic E-state index is 13.0. The van der Waals surface area contributed by atoms with Crippen molar-refractivity contribution >= 4 is 24.8 Å². The van der Waals surface area contributed by atoms with E-state index in [9.17, 15) is 13.2 Å². The highest BCUT2D eigenvalue weighted by Gasteiger charge is 2.32. The van der Waals surface area contributed by atoms with Crippen molar-refractivity contribution in [3.05, 3.63) is 23.9 Å². The second kappa shape index (κ2) is 8.50. The van der Waals surface area contributed by atoms with Crippen molar-refractivity contribution in [3.8, 4) is 22.9 Å². The number of halogens is 5. The Balaban J connectivity index is 0.00000140. The van der Waals surface area contributed by atoms with Crippen LogP contribution in [0.15, 0.2) is 12.4 Å². The van der Waals surface area contributed by atoms with E-state index in [1.165, 1.54) is 6.20 Å². The highest BCUT2D eigenvalue weighted by Crippen LogP contribution is 2.27. The van der Waals surface area contributed by atoms with Gasteiger partial charge in [-0.1, -0.05) is 0 Å². The van der Waals surface area contributed by atoms with E-state index in [1.807, 2.05) is 4.57 Å². The van der Waals surface area contributed by atoms with Crippen LogP contribution in [0, 0.1) is 6.92 Å². The molecule has 0 saturated heterocycles. The van der Waals surface area contributed by atoms with Gasteiger partial charge in [0.25, 0.3) is 0 Å². The monoisotopic (exact) mass is 438 g/mol. The number of nitrogens with zero attached hydrogens (tertiary/aromatic N) is 6. The van der Waals surface area contributed by atoms with Gasteiger partial charge in [0, 0.05) is 37.9 Å². The lowest BCUT2D eigenvalue weighted by Gasteiger charge is -2.07. The zero-order valence-corrected chi connectivity index (χ0v) is 16.5. The minimum atomic E-state index is -4.41. The molecule has 0 aliphatic carbocycles. The maximum Gasteiger partial charge on any atom is 0.408 e. The summed E-state index contributed by atoms with van der Waals surface area (Å²) in [6, 6.07) is 0. The molecule has 4 rings (SSSR count). The first-order valence-electron chi connectivity index (χ1n) is 8.20. The Morgan fingerprint density at radius 3 is 2.64 bits per heavy atom. The van der Waals surface area contributed by atoms with Crippen LogP contribution in [0.4, 0.5) is 13.2 Å². The molecule has 0 amide bonds. The number of rotatable bonds is 3. The van der Waals surface area contributed by atoms with Crippen LogP contribution in [-0.4, -0.2) is 53.8 Å². The molecular weight excluding hydrogens is 420 g/mol. The molecule has 3 aromatic heterocycles. The number of fused-ring (bicyclic) bond motifs is 1. The number of H-pyrrole nitrogens is 1. The first-order valence-corrected chi connectivity index (χ1v) is 8.20. The van der Waals surface area contributed by atoms with Crippen LogP contribution in [0.3, 0.4) is 0 Å². The van der Waals surface area contributed by atoms with Crippen molar-refractivity contribution in [1.82, 2.24) is 39.8 Å².